The minimum atomic E-state index is 0.0226. The number of rotatable bonds is 2. The molecule has 2 aliphatic rings. The zero-order valence-electron chi connectivity index (χ0n) is 10.2. The molecule has 2 unspecified atom stereocenters. The summed E-state index contributed by atoms with van der Waals surface area (Å²) in [4.78, 5) is 16.4. The van der Waals surface area contributed by atoms with E-state index >= 15 is 0 Å². The number of nitrogens with zero attached hydrogens (tertiary/aromatic N) is 1. The van der Waals surface area contributed by atoms with Crippen molar-refractivity contribution < 1.29 is 4.79 Å². The third-order valence-electron chi connectivity index (χ3n) is 3.86. The number of amides is 1. The highest BCUT2D eigenvalue weighted by Crippen LogP contribution is 2.41. The van der Waals surface area contributed by atoms with Crippen LogP contribution in [0.2, 0.25) is 0 Å². The van der Waals surface area contributed by atoms with Gasteiger partial charge in [-0.15, -0.1) is 0 Å². The Labute approximate surface area is 101 Å². The second-order valence-corrected chi connectivity index (χ2v) is 5.07. The third kappa shape index (κ3) is 1.82. The molecule has 2 atom stereocenters. The fraction of sp³-hybridized carbons (Fsp3) is 0.538. The Morgan fingerprint density at radius 2 is 2.06 bits per heavy atom. The van der Waals surface area contributed by atoms with Crippen molar-refractivity contribution in [1.82, 2.24) is 15.6 Å². The Hall–Kier alpha value is -1.42. The molecule has 2 fully saturated rings. The average Bonchev–Trinajstić information content (AvgIpc) is 2.74. The fourth-order valence-electron chi connectivity index (χ4n) is 2.79. The van der Waals surface area contributed by atoms with Crippen molar-refractivity contribution in [3.05, 3.63) is 29.1 Å². The Morgan fingerprint density at radius 3 is 2.71 bits per heavy atom. The standard InChI is InChI=1S/C13H17N3O/c1-7-3-4-9(8(2)15-7)13(17)16-12-10-5-14-6-11(10)12/h3-4,10-12,14H,5-6H2,1-2H3,(H,16,17). The van der Waals surface area contributed by atoms with Crippen molar-refractivity contribution in [3.63, 3.8) is 0 Å². The summed E-state index contributed by atoms with van der Waals surface area (Å²) in [6.45, 7) is 5.91. The van der Waals surface area contributed by atoms with E-state index < -0.39 is 0 Å². The monoisotopic (exact) mass is 231 g/mol. The second-order valence-electron chi connectivity index (χ2n) is 5.07. The molecule has 4 nitrogen and oxygen atoms in total. The average molecular weight is 231 g/mol. The molecule has 1 saturated carbocycles. The fourth-order valence-corrected chi connectivity index (χ4v) is 2.79. The van der Waals surface area contributed by atoms with Crippen LogP contribution in [0.3, 0.4) is 0 Å². The van der Waals surface area contributed by atoms with Gasteiger partial charge in [0.25, 0.3) is 5.91 Å². The number of aryl methyl sites for hydroxylation is 2. The number of hydrogen-bond acceptors (Lipinski definition) is 3. The maximum absolute atomic E-state index is 12.1. The Bertz CT molecular complexity index is 462. The molecule has 0 spiro atoms. The quantitative estimate of drug-likeness (QED) is 0.785. The molecule has 2 N–H and O–H groups in total. The summed E-state index contributed by atoms with van der Waals surface area (Å²) < 4.78 is 0. The maximum Gasteiger partial charge on any atom is 0.253 e. The van der Waals surface area contributed by atoms with Crippen LogP contribution >= 0.6 is 0 Å². The van der Waals surface area contributed by atoms with Crippen molar-refractivity contribution >= 4 is 5.91 Å². The summed E-state index contributed by atoms with van der Waals surface area (Å²) in [7, 11) is 0. The van der Waals surface area contributed by atoms with Gasteiger partial charge in [0, 0.05) is 24.8 Å². The van der Waals surface area contributed by atoms with Gasteiger partial charge in [0.1, 0.15) is 0 Å². The molecule has 1 aliphatic carbocycles. The van der Waals surface area contributed by atoms with Gasteiger partial charge in [-0.05, 0) is 37.8 Å². The van der Waals surface area contributed by atoms with Crippen LogP contribution < -0.4 is 10.6 Å². The number of nitrogens with one attached hydrogen (secondary N) is 2. The first-order valence-electron chi connectivity index (χ1n) is 6.12. The molecule has 17 heavy (non-hydrogen) atoms. The second kappa shape index (κ2) is 3.81. The zero-order valence-corrected chi connectivity index (χ0v) is 10.2. The Kier molecular flexibility index (Phi) is 2.40. The van der Waals surface area contributed by atoms with Crippen molar-refractivity contribution in [3.8, 4) is 0 Å². The SMILES string of the molecule is Cc1ccc(C(=O)NC2C3CNCC32)c(C)n1. The minimum absolute atomic E-state index is 0.0226. The molecule has 90 valence electrons. The highest BCUT2D eigenvalue weighted by Gasteiger charge is 2.53. The molecule has 1 aromatic rings. The molecule has 0 bridgehead atoms. The Balaban J connectivity index is 1.70. The van der Waals surface area contributed by atoms with Crippen molar-refractivity contribution in [1.29, 1.82) is 0 Å². The van der Waals surface area contributed by atoms with Crippen LogP contribution in [-0.2, 0) is 0 Å². The normalized spacial score (nSPS) is 29.9. The van der Waals surface area contributed by atoms with Gasteiger partial charge in [-0.1, -0.05) is 0 Å². The summed E-state index contributed by atoms with van der Waals surface area (Å²) in [6.07, 6.45) is 0. The van der Waals surface area contributed by atoms with Gasteiger partial charge in [-0.3, -0.25) is 9.78 Å². The first kappa shape index (κ1) is 10.7. The topological polar surface area (TPSA) is 54.0 Å². The number of pyridine rings is 1. The highest BCUT2D eigenvalue weighted by atomic mass is 16.1. The molecule has 1 amide bonds. The van der Waals surface area contributed by atoms with Crippen molar-refractivity contribution in [2.75, 3.05) is 13.1 Å². The molecule has 2 heterocycles. The minimum Gasteiger partial charge on any atom is -0.349 e. The molecule has 1 saturated heterocycles. The predicted molar refractivity (Wildman–Crippen MR) is 64.8 cm³/mol. The summed E-state index contributed by atoms with van der Waals surface area (Å²) in [5, 5.41) is 6.43. The first-order valence-corrected chi connectivity index (χ1v) is 6.12. The van der Waals surface area contributed by atoms with Gasteiger partial charge in [0.2, 0.25) is 0 Å². The Morgan fingerprint density at radius 1 is 1.35 bits per heavy atom. The summed E-state index contributed by atoms with van der Waals surface area (Å²) in [6, 6.07) is 4.13. The van der Waals surface area contributed by atoms with Crippen molar-refractivity contribution in [2.24, 2.45) is 11.8 Å². The first-order chi connectivity index (χ1) is 8.16. The van der Waals surface area contributed by atoms with Crippen LogP contribution in [0.4, 0.5) is 0 Å². The predicted octanol–water partition coefficient (Wildman–Crippen LogP) is 0.646. The van der Waals surface area contributed by atoms with Crippen LogP contribution in [0.5, 0.6) is 0 Å². The van der Waals surface area contributed by atoms with E-state index in [0.717, 1.165) is 24.5 Å². The molecule has 1 aliphatic heterocycles. The van der Waals surface area contributed by atoms with Gasteiger partial charge < -0.3 is 10.6 Å². The van der Waals surface area contributed by atoms with Crippen LogP contribution in [0.1, 0.15) is 21.7 Å². The van der Waals surface area contributed by atoms with Gasteiger partial charge in [-0.25, -0.2) is 0 Å². The molecular weight excluding hydrogens is 214 g/mol. The number of hydrogen-bond donors (Lipinski definition) is 2. The summed E-state index contributed by atoms with van der Waals surface area (Å²) in [5.74, 6) is 1.32. The zero-order chi connectivity index (χ0) is 12.0. The van der Waals surface area contributed by atoms with E-state index in [1.165, 1.54) is 0 Å². The van der Waals surface area contributed by atoms with Crippen LogP contribution in [0, 0.1) is 25.7 Å². The van der Waals surface area contributed by atoms with E-state index in [-0.39, 0.29) is 5.91 Å². The number of piperidine rings is 1. The number of carbonyl (C=O) groups is 1. The van der Waals surface area contributed by atoms with Gasteiger partial charge in [0.15, 0.2) is 0 Å². The lowest BCUT2D eigenvalue weighted by molar-refractivity contribution is 0.0945. The molecule has 4 heteroatoms. The van der Waals surface area contributed by atoms with Gasteiger partial charge in [0.05, 0.1) is 11.3 Å². The molecule has 0 radical (unpaired) electrons. The van der Waals surface area contributed by atoms with Crippen molar-refractivity contribution in [2.45, 2.75) is 19.9 Å². The molecule has 0 aromatic carbocycles. The molecule has 3 rings (SSSR count). The lowest BCUT2D eigenvalue weighted by Gasteiger charge is -2.09. The van der Waals surface area contributed by atoms with E-state index in [4.69, 9.17) is 0 Å². The molecule has 1 aromatic heterocycles. The number of fused-ring (bicyclic) bond motifs is 1. The lowest BCUT2D eigenvalue weighted by Crippen LogP contribution is -2.33. The smallest absolute Gasteiger partial charge is 0.253 e. The maximum atomic E-state index is 12.1. The van der Waals surface area contributed by atoms with E-state index in [9.17, 15) is 4.79 Å². The highest BCUT2D eigenvalue weighted by molar-refractivity contribution is 5.95. The third-order valence-corrected chi connectivity index (χ3v) is 3.86. The summed E-state index contributed by atoms with van der Waals surface area (Å²) >= 11 is 0. The van der Waals surface area contributed by atoms with E-state index in [0.29, 0.717) is 23.4 Å². The van der Waals surface area contributed by atoms with Gasteiger partial charge >= 0.3 is 0 Å². The van der Waals surface area contributed by atoms with Crippen LogP contribution in [-0.4, -0.2) is 30.0 Å². The number of aromatic nitrogens is 1. The van der Waals surface area contributed by atoms with Crippen LogP contribution in [0.25, 0.3) is 0 Å². The number of carbonyl (C=O) groups excluding carboxylic acids is 1. The lowest BCUT2D eigenvalue weighted by atomic mass is 10.1. The summed E-state index contributed by atoms with van der Waals surface area (Å²) in [5.41, 5.74) is 2.46. The van der Waals surface area contributed by atoms with E-state index in [1.807, 2.05) is 26.0 Å². The van der Waals surface area contributed by atoms with E-state index in [1.54, 1.807) is 0 Å². The van der Waals surface area contributed by atoms with Crippen LogP contribution in [0.15, 0.2) is 12.1 Å². The van der Waals surface area contributed by atoms with Gasteiger partial charge in [-0.2, -0.15) is 0 Å². The molecular formula is C13H17N3O. The van der Waals surface area contributed by atoms with E-state index in [2.05, 4.69) is 15.6 Å². The largest absolute Gasteiger partial charge is 0.349 e.